The Morgan fingerprint density at radius 3 is 2.64 bits per heavy atom. The first-order valence-corrected chi connectivity index (χ1v) is 13.2. The minimum absolute atomic E-state index is 0.0254. The molecule has 0 fully saturated rings. The molecule has 1 unspecified atom stereocenters. The van der Waals surface area contributed by atoms with Crippen LogP contribution in [0.2, 0.25) is 5.02 Å². The van der Waals surface area contributed by atoms with Gasteiger partial charge in [0.1, 0.15) is 23.7 Å². The number of hydrogen-bond donors (Lipinski definition) is 2. The fourth-order valence-electron chi connectivity index (χ4n) is 4.87. The lowest BCUT2D eigenvalue weighted by Gasteiger charge is -2.27. The Kier molecular flexibility index (Phi) is 8.05. The third-order valence-corrected chi connectivity index (χ3v) is 6.88. The van der Waals surface area contributed by atoms with Crippen molar-refractivity contribution in [3.8, 4) is 28.5 Å². The normalized spacial score (nSPS) is 14.5. The van der Waals surface area contributed by atoms with E-state index in [2.05, 4.69) is 10.2 Å². The molecule has 0 saturated heterocycles. The number of H-pyrrole nitrogens is 1. The maximum absolute atomic E-state index is 13.6. The molecule has 2 heterocycles. The summed E-state index contributed by atoms with van der Waals surface area (Å²) in [7, 11) is 1.64. The van der Waals surface area contributed by atoms with Gasteiger partial charge in [0.15, 0.2) is 11.5 Å². The first-order valence-electron chi connectivity index (χ1n) is 12.8. The number of aromatic amines is 1. The van der Waals surface area contributed by atoms with Crippen molar-refractivity contribution in [1.82, 2.24) is 15.1 Å². The van der Waals surface area contributed by atoms with Gasteiger partial charge in [0, 0.05) is 36.4 Å². The monoisotopic (exact) mass is 547 g/mol. The van der Waals surface area contributed by atoms with Crippen LogP contribution in [0.25, 0.3) is 11.3 Å². The van der Waals surface area contributed by atoms with E-state index in [-0.39, 0.29) is 11.7 Å². The number of carbonyl (C=O) groups excluding carboxylic acids is 1. The Bertz CT molecular complexity index is 1460. The summed E-state index contributed by atoms with van der Waals surface area (Å²) < 4.78 is 17.3. The van der Waals surface area contributed by atoms with E-state index in [0.29, 0.717) is 71.8 Å². The molecule has 1 atom stereocenters. The number of nitrogens with zero attached hydrogens (tertiary/aromatic N) is 2. The Morgan fingerprint density at radius 1 is 1.05 bits per heavy atom. The highest BCUT2D eigenvalue weighted by Crippen LogP contribution is 2.46. The quantitative estimate of drug-likeness (QED) is 0.224. The molecule has 1 amide bonds. The number of nitrogens with one attached hydrogen (secondary N) is 1. The van der Waals surface area contributed by atoms with Crippen molar-refractivity contribution in [3.63, 3.8) is 0 Å². The highest BCUT2D eigenvalue weighted by atomic mass is 35.5. The second-order valence-electron chi connectivity index (χ2n) is 9.18. The van der Waals surface area contributed by atoms with E-state index in [9.17, 15) is 9.90 Å². The molecule has 0 saturated carbocycles. The molecule has 0 radical (unpaired) electrons. The smallest absolute Gasteiger partial charge is 0.273 e. The Hall–Kier alpha value is -4.01. The van der Waals surface area contributed by atoms with Crippen LogP contribution in [-0.4, -0.2) is 53.0 Å². The predicted molar refractivity (Wildman–Crippen MR) is 148 cm³/mol. The summed E-state index contributed by atoms with van der Waals surface area (Å²) in [5.41, 5.74) is 3.86. The van der Waals surface area contributed by atoms with Gasteiger partial charge in [0.05, 0.1) is 12.6 Å². The Morgan fingerprint density at radius 2 is 1.87 bits per heavy atom. The SMILES string of the molecule is CCOc1cc(C2c3c(-c4cc(Cl)ccc4O)n[nH]c3C(=O)N2CCCOC)ccc1OCc1ccccc1. The van der Waals surface area contributed by atoms with Gasteiger partial charge in [0.25, 0.3) is 5.91 Å². The maximum atomic E-state index is 13.6. The number of halogens is 1. The molecule has 2 N–H and O–H groups in total. The number of aromatic nitrogens is 2. The fourth-order valence-corrected chi connectivity index (χ4v) is 5.05. The first-order chi connectivity index (χ1) is 19.0. The van der Waals surface area contributed by atoms with Crippen molar-refractivity contribution >= 4 is 17.5 Å². The van der Waals surface area contributed by atoms with Crippen molar-refractivity contribution < 1.29 is 24.1 Å². The number of methoxy groups -OCH3 is 1. The largest absolute Gasteiger partial charge is 0.507 e. The van der Waals surface area contributed by atoms with Crippen LogP contribution in [-0.2, 0) is 11.3 Å². The van der Waals surface area contributed by atoms with E-state index in [1.165, 1.54) is 6.07 Å². The highest BCUT2D eigenvalue weighted by molar-refractivity contribution is 6.31. The average molecular weight is 548 g/mol. The minimum atomic E-state index is -0.473. The Balaban J connectivity index is 1.56. The molecule has 1 aliphatic rings. The van der Waals surface area contributed by atoms with Crippen molar-refractivity contribution in [2.45, 2.75) is 26.0 Å². The number of rotatable bonds is 11. The number of phenolic OH excluding ortho intramolecular Hbond substituents is 1. The number of phenols is 1. The van der Waals surface area contributed by atoms with E-state index in [1.54, 1.807) is 24.1 Å². The van der Waals surface area contributed by atoms with Gasteiger partial charge >= 0.3 is 0 Å². The van der Waals surface area contributed by atoms with Gasteiger partial charge in [-0.2, -0.15) is 5.10 Å². The average Bonchev–Trinajstić information content (AvgIpc) is 3.49. The Labute approximate surface area is 232 Å². The molecule has 3 aromatic carbocycles. The summed E-state index contributed by atoms with van der Waals surface area (Å²) in [6.45, 7) is 3.75. The van der Waals surface area contributed by atoms with E-state index >= 15 is 0 Å². The lowest BCUT2D eigenvalue weighted by molar-refractivity contribution is 0.0723. The van der Waals surface area contributed by atoms with Crippen molar-refractivity contribution in [3.05, 3.63) is 94.1 Å². The van der Waals surface area contributed by atoms with Gasteiger partial charge in [-0.05, 0) is 54.8 Å². The van der Waals surface area contributed by atoms with E-state index in [4.69, 9.17) is 25.8 Å². The molecule has 1 aromatic heterocycles. The molecule has 0 spiro atoms. The maximum Gasteiger partial charge on any atom is 0.273 e. The first kappa shape index (κ1) is 26.6. The molecular formula is C30H30ClN3O5. The standard InChI is InChI=1S/C30H30ClN3O5/c1-3-38-25-16-20(10-13-24(25)39-18-19-8-5-4-6-9-19)29-26-27(22-17-21(31)11-12-23(22)35)32-33-28(26)30(36)34(29)14-7-15-37-2/h4-6,8-13,16-17,29,35H,3,7,14-15,18H2,1-2H3,(H,32,33). The minimum Gasteiger partial charge on any atom is -0.507 e. The predicted octanol–water partition coefficient (Wildman–Crippen LogP) is 6.00. The number of fused-ring (bicyclic) bond motifs is 1. The topological polar surface area (TPSA) is 96.9 Å². The molecule has 5 rings (SSSR count). The van der Waals surface area contributed by atoms with E-state index in [1.807, 2.05) is 55.5 Å². The van der Waals surface area contributed by atoms with Crippen LogP contribution in [0.1, 0.15) is 46.6 Å². The number of ether oxygens (including phenoxy) is 3. The lowest BCUT2D eigenvalue weighted by atomic mass is 9.95. The van der Waals surface area contributed by atoms with E-state index in [0.717, 1.165) is 11.1 Å². The van der Waals surface area contributed by atoms with E-state index < -0.39 is 6.04 Å². The molecule has 8 nitrogen and oxygen atoms in total. The number of hydrogen-bond acceptors (Lipinski definition) is 6. The molecule has 202 valence electrons. The fraction of sp³-hybridized carbons (Fsp3) is 0.267. The van der Waals surface area contributed by atoms with Crippen molar-refractivity contribution in [1.29, 1.82) is 0 Å². The van der Waals surface area contributed by atoms with Crippen LogP contribution in [0.3, 0.4) is 0 Å². The van der Waals surface area contributed by atoms with Gasteiger partial charge in [-0.25, -0.2) is 0 Å². The molecular weight excluding hydrogens is 518 g/mol. The van der Waals surface area contributed by atoms with Crippen LogP contribution in [0.4, 0.5) is 0 Å². The number of benzene rings is 3. The number of amides is 1. The molecule has 0 aliphatic carbocycles. The van der Waals surface area contributed by atoms with Gasteiger partial charge in [-0.15, -0.1) is 0 Å². The molecule has 9 heteroatoms. The van der Waals surface area contributed by atoms with Gasteiger partial charge < -0.3 is 24.2 Å². The summed E-state index contributed by atoms with van der Waals surface area (Å²) in [5.74, 6) is 1.05. The van der Waals surface area contributed by atoms with Crippen LogP contribution < -0.4 is 9.47 Å². The van der Waals surface area contributed by atoms with Crippen LogP contribution in [0, 0.1) is 0 Å². The van der Waals surface area contributed by atoms with Gasteiger partial charge in [-0.3, -0.25) is 9.89 Å². The summed E-state index contributed by atoms with van der Waals surface area (Å²) in [4.78, 5) is 15.4. The third kappa shape index (κ3) is 5.44. The van der Waals surface area contributed by atoms with Gasteiger partial charge in [-0.1, -0.05) is 48.0 Å². The highest BCUT2D eigenvalue weighted by Gasteiger charge is 2.42. The number of aromatic hydroxyl groups is 1. The van der Waals surface area contributed by atoms with Crippen LogP contribution >= 0.6 is 11.6 Å². The van der Waals surface area contributed by atoms with Crippen LogP contribution in [0.15, 0.2) is 66.7 Å². The zero-order valence-corrected chi connectivity index (χ0v) is 22.6. The second-order valence-corrected chi connectivity index (χ2v) is 9.62. The van der Waals surface area contributed by atoms with Crippen molar-refractivity contribution in [2.75, 3.05) is 26.9 Å². The summed E-state index contributed by atoms with van der Waals surface area (Å²) in [6, 6.07) is 19.9. The van der Waals surface area contributed by atoms with Gasteiger partial charge in [0.2, 0.25) is 0 Å². The number of carbonyl (C=O) groups is 1. The molecule has 4 aromatic rings. The zero-order chi connectivity index (χ0) is 27.4. The molecule has 0 bridgehead atoms. The zero-order valence-electron chi connectivity index (χ0n) is 21.8. The third-order valence-electron chi connectivity index (χ3n) is 6.65. The summed E-state index contributed by atoms with van der Waals surface area (Å²) in [5, 5.41) is 18.4. The molecule has 1 aliphatic heterocycles. The second kappa shape index (κ2) is 11.8. The summed E-state index contributed by atoms with van der Waals surface area (Å²) >= 11 is 6.26. The molecule has 39 heavy (non-hydrogen) atoms. The lowest BCUT2D eigenvalue weighted by Crippen LogP contribution is -2.31. The van der Waals surface area contributed by atoms with Crippen molar-refractivity contribution in [2.24, 2.45) is 0 Å². The summed E-state index contributed by atoms with van der Waals surface area (Å²) in [6.07, 6.45) is 0.658. The van der Waals surface area contributed by atoms with Crippen LogP contribution in [0.5, 0.6) is 17.2 Å².